The Morgan fingerprint density at radius 1 is 1.08 bits per heavy atom. The molecule has 5 nitrogen and oxygen atoms in total. The van der Waals surface area contributed by atoms with Crippen molar-refractivity contribution in [3.63, 3.8) is 0 Å². The van der Waals surface area contributed by atoms with Crippen molar-refractivity contribution in [2.24, 2.45) is 0 Å². The van der Waals surface area contributed by atoms with Crippen LogP contribution in [0, 0.1) is 0 Å². The average Bonchev–Trinajstić information content (AvgIpc) is 3.24. The quantitative estimate of drug-likeness (QED) is 0.705. The predicted octanol–water partition coefficient (Wildman–Crippen LogP) is 4.88. The number of furan rings is 2. The first kappa shape index (κ1) is 16.7. The zero-order valence-corrected chi connectivity index (χ0v) is 12.8. The van der Waals surface area contributed by atoms with Crippen LogP contribution < -0.4 is 10.6 Å². The van der Waals surface area contributed by atoms with Crippen LogP contribution in [0.3, 0.4) is 0 Å². The highest BCUT2D eigenvalue weighted by Gasteiger charge is 2.33. The SMILES string of the molecule is O=C(NCc1ccc(-c2ccoc2)o1)Nc1ccccc1C(F)(F)F. The summed E-state index contributed by atoms with van der Waals surface area (Å²) in [7, 11) is 0. The van der Waals surface area contributed by atoms with Crippen molar-refractivity contribution in [2.45, 2.75) is 12.7 Å². The fourth-order valence-electron chi connectivity index (χ4n) is 2.21. The fourth-order valence-corrected chi connectivity index (χ4v) is 2.21. The van der Waals surface area contributed by atoms with Crippen LogP contribution in [0.5, 0.6) is 0 Å². The van der Waals surface area contributed by atoms with Gasteiger partial charge in [-0.3, -0.25) is 0 Å². The number of nitrogens with one attached hydrogen (secondary N) is 2. The summed E-state index contributed by atoms with van der Waals surface area (Å²) in [5.41, 5.74) is -0.480. The molecule has 0 atom stereocenters. The van der Waals surface area contributed by atoms with E-state index >= 15 is 0 Å². The zero-order chi connectivity index (χ0) is 17.9. The van der Waals surface area contributed by atoms with Gasteiger partial charge in [0.2, 0.25) is 0 Å². The van der Waals surface area contributed by atoms with Gasteiger partial charge in [-0.05, 0) is 30.3 Å². The molecule has 0 radical (unpaired) electrons. The maximum Gasteiger partial charge on any atom is 0.418 e. The number of anilines is 1. The van der Waals surface area contributed by atoms with Crippen LogP contribution in [-0.2, 0) is 12.7 Å². The second-order valence-electron chi connectivity index (χ2n) is 5.13. The number of hydrogen-bond donors (Lipinski definition) is 2. The lowest BCUT2D eigenvalue weighted by molar-refractivity contribution is -0.136. The number of benzene rings is 1. The third kappa shape index (κ3) is 4.03. The number of rotatable bonds is 4. The molecule has 0 fully saturated rings. The number of carbonyl (C=O) groups is 1. The third-order valence-corrected chi connectivity index (χ3v) is 3.37. The highest BCUT2D eigenvalue weighted by Crippen LogP contribution is 2.34. The maximum atomic E-state index is 12.9. The van der Waals surface area contributed by atoms with E-state index in [4.69, 9.17) is 8.83 Å². The maximum absolute atomic E-state index is 12.9. The first-order valence-electron chi connectivity index (χ1n) is 7.26. The topological polar surface area (TPSA) is 67.4 Å². The second-order valence-corrected chi connectivity index (χ2v) is 5.13. The molecule has 2 N–H and O–H groups in total. The number of hydrogen-bond acceptors (Lipinski definition) is 3. The minimum Gasteiger partial charge on any atom is -0.472 e. The summed E-state index contributed by atoms with van der Waals surface area (Å²) in [6.45, 7) is 0.0257. The molecule has 0 aliphatic carbocycles. The second kappa shape index (κ2) is 6.76. The van der Waals surface area contributed by atoms with Gasteiger partial charge in [0.25, 0.3) is 0 Å². The number of para-hydroxylation sites is 1. The summed E-state index contributed by atoms with van der Waals surface area (Å²) in [4.78, 5) is 11.9. The van der Waals surface area contributed by atoms with Crippen molar-refractivity contribution < 1.29 is 26.8 Å². The standard InChI is InChI=1S/C17H13F3N2O3/c18-17(19,20)13-3-1-2-4-14(13)22-16(23)21-9-12-5-6-15(25-12)11-7-8-24-10-11/h1-8,10H,9H2,(H2,21,22,23). The lowest BCUT2D eigenvalue weighted by Gasteiger charge is -2.13. The molecule has 0 aliphatic rings. The van der Waals surface area contributed by atoms with Crippen molar-refractivity contribution in [1.82, 2.24) is 5.32 Å². The Bertz CT molecular complexity index is 854. The Morgan fingerprint density at radius 2 is 1.88 bits per heavy atom. The van der Waals surface area contributed by atoms with E-state index in [1.54, 1.807) is 18.2 Å². The van der Waals surface area contributed by atoms with Crippen LogP contribution >= 0.6 is 0 Å². The first-order chi connectivity index (χ1) is 11.9. The highest BCUT2D eigenvalue weighted by atomic mass is 19.4. The van der Waals surface area contributed by atoms with Crippen LogP contribution in [-0.4, -0.2) is 6.03 Å². The molecule has 0 bridgehead atoms. The normalized spacial score (nSPS) is 11.3. The van der Waals surface area contributed by atoms with Gasteiger partial charge < -0.3 is 19.5 Å². The van der Waals surface area contributed by atoms with Crippen molar-refractivity contribution in [3.8, 4) is 11.3 Å². The zero-order valence-electron chi connectivity index (χ0n) is 12.8. The minimum atomic E-state index is -4.55. The molecule has 0 spiro atoms. The van der Waals surface area contributed by atoms with Crippen molar-refractivity contribution >= 4 is 11.7 Å². The molecule has 1 aromatic carbocycles. The third-order valence-electron chi connectivity index (χ3n) is 3.37. The molecule has 2 heterocycles. The molecular formula is C17H13F3N2O3. The van der Waals surface area contributed by atoms with Gasteiger partial charge in [0, 0.05) is 0 Å². The summed E-state index contributed by atoms with van der Waals surface area (Å²) < 4.78 is 49.2. The Morgan fingerprint density at radius 3 is 2.60 bits per heavy atom. The fraction of sp³-hybridized carbons (Fsp3) is 0.118. The number of alkyl halides is 3. The molecular weight excluding hydrogens is 337 g/mol. The van der Waals surface area contributed by atoms with Gasteiger partial charge in [-0.15, -0.1) is 0 Å². The van der Waals surface area contributed by atoms with E-state index in [1.165, 1.54) is 30.7 Å². The van der Waals surface area contributed by atoms with Gasteiger partial charge in [0.15, 0.2) is 0 Å². The molecule has 3 rings (SSSR count). The minimum absolute atomic E-state index is 0.0257. The molecule has 130 valence electrons. The summed E-state index contributed by atoms with van der Waals surface area (Å²) in [6.07, 6.45) is -1.54. The van der Waals surface area contributed by atoms with E-state index in [1.807, 2.05) is 0 Å². The molecule has 0 unspecified atom stereocenters. The molecule has 8 heteroatoms. The van der Waals surface area contributed by atoms with Gasteiger partial charge in [0.1, 0.15) is 17.8 Å². The number of amides is 2. The summed E-state index contributed by atoms with van der Waals surface area (Å²) >= 11 is 0. The number of halogens is 3. The van der Waals surface area contributed by atoms with Gasteiger partial charge in [-0.1, -0.05) is 12.1 Å². The monoisotopic (exact) mass is 350 g/mol. The lowest BCUT2D eigenvalue weighted by atomic mass is 10.1. The predicted molar refractivity (Wildman–Crippen MR) is 83.7 cm³/mol. The highest BCUT2D eigenvalue weighted by molar-refractivity contribution is 5.90. The van der Waals surface area contributed by atoms with Crippen LogP contribution in [0.25, 0.3) is 11.3 Å². The molecule has 0 saturated heterocycles. The lowest BCUT2D eigenvalue weighted by Crippen LogP contribution is -2.29. The summed E-state index contributed by atoms with van der Waals surface area (Å²) in [6, 6.07) is 9.08. The van der Waals surface area contributed by atoms with Gasteiger partial charge in [-0.25, -0.2) is 4.79 Å². The molecule has 2 amide bonds. The Hall–Kier alpha value is -3.16. The van der Waals surface area contributed by atoms with E-state index in [2.05, 4.69) is 10.6 Å². The van der Waals surface area contributed by atoms with Crippen LogP contribution in [0.4, 0.5) is 23.7 Å². The van der Waals surface area contributed by atoms with E-state index in [9.17, 15) is 18.0 Å². The van der Waals surface area contributed by atoms with Crippen molar-refractivity contribution in [1.29, 1.82) is 0 Å². The smallest absolute Gasteiger partial charge is 0.418 e. The van der Waals surface area contributed by atoms with Crippen molar-refractivity contribution in [2.75, 3.05) is 5.32 Å². The molecule has 0 saturated carbocycles. The van der Waals surface area contributed by atoms with E-state index in [-0.39, 0.29) is 12.2 Å². The van der Waals surface area contributed by atoms with Crippen LogP contribution in [0.1, 0.15) is 11.3 Å². The van der Waals surface area contributed by atoms with Gasteiger partial charge in [-0.2, -0.15) is 13.2 Å². The summed E-state index contributed by atoms with van der Waals surface area (Å²) in [5.74, 6) is 1.02. The Labute approximate surface area is 140 Å². The van der Waals surface area contributed by atoms with Gasteiger partial charge in [0.05, 0.1) is 29.6 Å². The molecule has 3 aromatic rings. The molecule has 25 heavy (non-hydrogen) atoms. The number of urea groups is 1. The average molecular weight is 350 g/mol. The van der Waals surface area contributed by atoms with Crippen LogP contribution in [0.15, 0.2) is 63.8 Å². The van der Waals surface area contributed by atoms with Crippen molar-refractivity contribution in [3.05, 3.63) is 66.3 Å². The molecule has 0 aliphatic heterocycles. The van der Waals surface area contributed by atoms with E-state index < -0.39 is 17.8 Å². The largest absolute Gasteiger partial charge is 0.472 e. The number of carbonyl (C=O) groups excluding carboxylic acids is 1. The molecule has 2 aromatic heterocycles. The Balaban J connectivity index is 1.61. The van der Waals surface area contributed by atoms with Gasteiger partial charge >= 0.3 is 12.2 Å². The Kier molecular flexibility index (Phi) is 4.51. The first-order valence-corrected chi connectivity index (χ1v) is 7.26. The summed E-state index contributed by atoms with van der Waals surface area (Å²) in [5, 5.41) is 4.65. The van der Waals surface area contributed by atoms with E-state index in [0.29, 0.717) is 11.5 Å². The van der Waals surface area contributed by atoms with E-state index in [0.717, 1.165) is 11.6 Å². The van der Waals surface area contributed by atoms with Crippen LogP contribution in [0.2, 0.25) is 0 Å².